The van der Waals surface area contributed by atoms with E-state index in [0.29, 0.717) is 0 Å². The third-order valence-corrected chi connectivity index (χ3v) is 1.52. The molecule has 0 saturated heterocycles. The number of nitrogens with one attached hydrogen (secondary N) is 1. The van der Waals surface area contributed by atoms with E-state index < -0.39 is 11.7 Å². The van der Waals surface area contributed by atoms with Crippen LogP contribution >= 0.6 is 0 Å². The second-order valence-electron chi connectivity index (χ2n) is 2.26. The van der Waals surface area contributed by atoms with Gasteiger partial charge in [0.2, 0.25) is 0 Å². The number of benzene rings is 1. The number of halogens is 1. The fraction of sp³-hybridized carbons (Fsp3) is 0.125. The molecule has 0 radical (unpaired) electrons. The Morgan fingerprint density at radius 1 is 1.62 bits per heavy atom. The van der Waals surface area contributed by atoms with E-state index in [1.54, 1.807) is 0 Å². The van der Waals surface area contributed by atoms with Crippen molar-refractivity contribution in [3.05, 3.63) is 29.6 Å². The summed E-state index contributed by atoms with van der Waals surface area (Å²) in [5, 5.41) is 8.31. The highest BCUT2D eigenvalue weighted by atomic mass is 19.1. The zero-order chi connectivity index (χ0) is 9.84. The molecule has 0 unspecified atom stereocenters. The predicted octanol–water partition coefficient (Wildman–Crippen LogP) is 0.953. The average molecular weight is 185 g/mol. The van der Waals surface area contributed by atoms with Crippen LogP contribution < -0.4 is 10.2 Å². The van der Waals surface area contributed by atoms with Crippen molar-refractivity contribution in [2.75, 3.05) is 7.11 Å². The molecule has 0 heterocycles. The molecule has 0 aliphatic heterocycles. The fourth-order valence-corrected chi connectivity index (χ4v) is 0.951. The predicted molar refractivity (Wildman–Crippen MR) is 42.2 cm³/mol. The maximum absolute atomic E-state index is 13.0. The molecule has 0 aromatic heterocycles. The van der Waals surface area contributed by atoms with Gasteiger partial charge in [-0.05, 0) is 12.1 Å². The van der Waals surface area contributed by atoms with E-state index in [-0.39, 0.29) is 11.3 Å². The van der Waals surface area contributed by atoms with Crippen molar-refractivity contribution in [3.8, 4) is 5.75 Å². The summed E-state index contributed by atoms with van der Waals surface area (Å²) in [5.41, 5.74) is 1.03. The van der Waals surface area contributed by atoms with Gasteiger partial charge in [-0.3, -0.25) is 10.0 Å². The van der Waals surface area contributed by atoms with Crippen molar-refractivity contribution >= 4 is 5.91 Å². The molecule has 70 valence electrons. The number of amides is 1. The van der Waals surface area contributed by atoms with Crippen molar-refractivity contribution in [1.82, 2.24) is 5.48 Å². The lowest BCUT2D eigenvalue weighted by molar-refractivity contribution is 0.0698. The molecule has 0 aliphatic rings. The molecule has 1 amide bonds. The van der Waals surface area contributed by atoms with Crippen molar-refractivity contribution in [2.24, 2.45) is 0 Å². The Morgan fingerprint density at radius 3 is 2.85 bits per heavy atom. The normalized spacial score (nSPS) is 9.46. The number of carbonyl (C=O) groups is 1. The van der Waals surface area contributed by atoms with E-state index >= 15 is 0 Å². The van der Waals surface area contributed by atoms with E-state index in [1.165, 1.54) is 24.7 Å². The number of ether oxygens (including phenoxy) is 1. The molecule has 1 rings (SSSR count). The molecule has 5 heteroatoms. The van der Waals surface area contributed by atoms with Gasteiger partial charge in [0.25, 0.3) is 5.91 Å². The zero-order valence-electron chi connectivity index (χ0n) is 6.87. The minimum absolute atomic E-state index is 0.0755. The van der Waals surface area contributed by atoms with Crippen LogP contribution in [0.4, 0.5) is 4.39 Å². The Balaban J connectivity index is 3.22. The maximum Gasteiger partial charge on any atom is 0.281 e. The molecule has 2 N–H and O–H groups in total. The average Bonchev–Trinajstić information content (AvgIpc) is 2.16. The quantitative estimate of drug-likeness (QED) is 0.532. The van der Waals surface area contributed by atoms with Crippen LogP contribution in [0.25, 0.3) is 0 Å². The lowest BCUT2D eigenvalue weighted by Crippen LogP contribution is -2.20. The van der Waals surface area contributed by atoms with E-state index in [9.17, 15) is 9.18 Å². The monoisotopic (exact) mass is 185 g/mol. The summed E-state index contributed by atoms with van der Waals surface area (Å²) in [7, 11) is 1.31. The summed E-state index contributed by atoms with van der Waals surface area (Å²) in [5.74, 6) is -1.60. The van der Waals surface area contributed by atoms with Crippen LogP contribution in [-0.2, 0) is 0 Å². The first-order valence-electron chi connectivity index (χ1n) is 3.47. The molecule has 0 fully saturated rings. The van der Waals surface area contributed by atoms with Crippen LogP contribution in [0.1, 0.15) is 10.4 Å². The smallest absolute Gasteiger partial charge is 0.281 e. The Hall–Kier alpha value is -1.62. The van der Waals surface area contributed by atoms with Gasteiger partial charge in [-0.15, -0.1) is 0 Å². The van der Waals surface area contributed by atoms with Crippen molar-refractivity contribution in [3.63, 3.8) is 0 Å². The molecular weight excluding hydrogens is 177 g/mol. The lowest BCUT2D eigenvalue weighted by atomic mass is 10.2. The number of hydrogen-bond donors (Lipinski definition) is 2. The molecular formula is C8H8FNO3. The molecule has 1 aromatic carbocycles. The lowest BCUT2D eigenvalue weighted by Gasteiger charge is -2.06. The van der Waals surface area contributed by atoms with Crippen molar-refractivity contribution < 1.29 is 19.1 Å². The first kappa shape index (κ1) is 9.47. The molecule has 13 heavy (non-hydrogen) atoms. The largest absolute Gasteiger partial charge is 0.496 e. The summed E-state index contributed by atoms with van der Waals surface area (Å²) in [6.07, 6.45) is 0. The highest BCUT2D eigenvalue weighted by molar-refractivity contribution is 5.96. The van der Waals surface area contributed by atoms with Gasteiger partial charge in [0.15, 0.2) is 0 Å². The van der Waals surface area contributed by atoms with Gasteiger partial charge in [-0.25, -0.2) is 9.87 Å². The highest BCUT2D eigenvalue weighted by Gasteiger charge is 2.16. The van der Waals surface area contributed by atoms with Gasteiger partial charge in [0.1, 0.15) is 17.1 Å². The van der Waals surface area contributed by atoms with E-state index in [1.807, 2.05) is 0 Å². The minimum Gasteiger partial charge on any atom is -0.496 e. The molecule has 0 saturated carbocycles. The van der Waals surface area contributed by atoms with Crippen molar-refractivity contribution in [2.45, 2.75) is 0 Å². The van der Waals surface area contributed by atoms with Crippen LogP contribution in [-0.4, -0.2) is 18.2 Å². The molecule has 0 aliphatic carbocycles. The van der Waals surface area contributed by atoms with Gasteiger partial charge in [0, 0.05) is 0 Å². The second kappa shape index (κ2) is 3.86. The Labute approximate surface area is 73.9 Å². The summed E-state index contributed by atoms with van der Waals surface area (Å²) in [6, 6.07) is 3.93. The minimum atomic E-state index is -0.935. The highest BCUT2D eigenvalue weighted by Crippen LogP contribution is 2.20. The fourth-order valence-electron chi connectivity index (χ4n) is 0.951. The van der Waals surface area contributed by atoms with Crippen LogP contribution in [0.15, 0.2) is 18.2 Å². The molecule has 0 atom stereocenters. The van der Waals surface area contributed by atoms with Crippen LogP contribution in [0, 0.1) is 5.82 Å². The zero-order valence-corrected chi connectivity index (χ0v) is 6.87. The van der Waals surface area contributed by atoms with E-state index in [4.69, 9.17) is 9.94 Å². The van der Waals surface area contributed by atoms with Crippen LogP contribution in [0.5, 0.6) is 5.75 Å². The van der Waals surface area contributed by atoms with Gasteiger partial charge >= 0.3 is 0 Å². The first-order valence-corrected chi connectivity index (χ1v) is 3.47. The molecule has 4 nitrogen and oxygen atoms in total. The maximum atomic E-state index is 13.0. The Kier molecular flexibility index (Phi) is 2.81. The van der Waals surface area contributed by atoms with Crippen LogP contribution in [0.3, 0.4) is 0 Å². The topological polar surface area (TPSA) is 58.6 Å². The number of carbonyl (C=O) groups excluding carboxylic acids is 1. The van der Waals surface area contributed by atoms with Crippen LogP contribution in [0.2, 0.25) is 0 Å². The Morgan fingerprint density at radius 2 is 2.31 bits per heavy atom. The van der Waals surface area contributed by atoms with Gasteiger partial charge < -0.3 is 4.74 Å². The first-order chi connectivity index (χ1) is 6.20. The molecule has 1 aromatic rings. The van der Waals surface area contributed by atoms with Gasteiger partial charge in [0.05, 0.1) is 7.11 Å². The summed E-state index contributed by atoms with van der Waals surface area (Å²) >= 11 is 0. The number of methoxy groups -OCH3 is 1. The summed E-state index contributed by atoms with van der Waals surface area (Å²) in [6.45, 7) is 0. The third kappa shape index (κ3) is 1.75. The van der Waals surface area contributed by atoms with E-state index in [0.717, 1.165) is 6.07 Å². The third-order valence-electron chi connectivity index (χ3n) is 1.52. The summed E-state index contributed by atoms with van der Waals surface area (Å²) in [4.78, 5) is 10.9. The van der Waals surface area contributed by atoms with Gasteiger partial charge in [-0.1, -0.05) is 6.07 Å². The molecule has 0 bridgehead atoms. The van der Waals surface area contributed by atoms with E-state index in [2.05, 4.69) is 0 Å². The second-order valence-corrected chi connectivity index (χ2v) is 2.26. The summed E-state index contributed by atoms with van der Waals surface area (Å²) < 4.78 is 17.8. The standard InChI is InChI=1S/C8H8FNO3/c1-13-6-4-2-3-5(9)7(6)8(11)10-12/h2-4,12H,1H3,(H,10,11). The number of hydroxylamine groups is 1. The number of hydrogen-bond acceptors (Lipinski definition) is 3. The SMILES string of the molecule is COc1cccc(F)c1C(=O)NO. The van der Waals surface area contributed by atoms with Gasteiger partial charge in [-0.2, -0.15) is 0 Å². The number of rotatable bonds is 2. The van der Waals surface area contributed by atoms with Crippen molar-refractivity contribution in [1.29, 1.82) is 0 Å². The Bertz CT molecular complexity index is 327. The molecule has 0 spiro atoms.